The van der Waals surface area contributed by atoms with Gasteiger partial charge in [0.15, 0.2) is 0 Å². The summed E-state index contributed by atoms with van der Waals surface area (Å²) in [5, 5.41) is 14.1. The predicted octanol–water partition coefficient (Wildman–Crippen LogP) is 0.797. The summed E-state index contributed by atoms with van der Waals surface area (Å²) >= 11 is 0. The van der Waals surface area contributed by atoms with E-state index in [0.717, 1.165) is 5.69 Å². The number of amides is 1. The number of nitrogens with zero attached hydrogens (tertiary/aromatic N) is 3. The first kappa shape index (κ1) is 16.7. The molecule has 1 aromatic rings. The minimum Gasteiger partial charge on any atom is -0.389 e. The number of aliphatic hydroxyl groups is 1. The van der Waals surface area contributed by atoms with Gasteiger partial charge in [0.1, 0.15) is 0 Å². The van der Waals surface area contributed by atoms with Gasteiger partial charge < -0.3 is 14.7 Å². The van der Waals surface area contributed by atoms with E-state index in [1.807, 2.05) is 20.8 Å². The Labute approximate surface area is 120 Å². The first-order chi connectivity index (χ1) is 9.16. The van der Waals surface area contributed by atoms with Crippen LogP contribution in [-0.2, 0) is 17.2 Å². The molecule has 0 radical (unpaired) electrons. The summed E-state index contributed by atoms with van der Waals surface area (Å²) in [5.41, 5.74) is 1.13. The lowest BCUT2D eigenvalue weighted by atomic mass is 9.89. The molecule has 0 aromatic carbocycles. The second kappa shape index (κ2) is 6.37. The fourth-order valence-corrected chi connectivity index (χ4v) is 2.05. The first-order valence-corrected chi connectivity index (χ1v) is 6.63. The molecule has 20 heavy (non-hydrogen) atoms. The van der Waals surface area contributed by atoms with Crippen molar-refractivity contribution in [2.45, 2.75) is 32.3 Å². The van der Waals surface area contributed by atoms with E-state index in [9.17, 15) is 9.90 Å². The second-order valence-corrected chi connectivity index (χ2v) is 6.11. The Bertz CT molecular complexity index is 463. The van der Waals surface area contributed by atoms with Crippen molar-refractivity contribution in [2.75, 3.05) is 27.3 Å². The second-order valence-electron chi connectivity index (χ2n) is 6.11. The number of aromatic nitrogens is 2. The van der Waals surface area contributed by atoms with Crippen LogP contribution in [0.3, 0.4) is 0 Å². The van der Waals surface area contributed by atoms with Gasteiger partial charge in [-0.1, -0.05) is 20.8 Å². The molecule has 6 heteroatoms. The van der Waals surface area contributed by atoms with Crippen molar-refractivity contribution in [3.05, 3.63) is 17.5 Å². The molecular weight excluding hydrogens is 258 g/mol. The Morgan fingerprint density at radius 1 is 1.55 bits per heavy atom. The number of carbonyl (C=O) groups excluding carboxylic acids is 1. The monoisotopic (exact) mass is 283 g/mol. The van der Waals surface area contributed by atoms with Gasteiger partial charge in [-0.25, -0.2) is 0 Å². The third kappa shape index (κ3) is 4.05. The van der Waals surface area contributed by atoms with Crippen LogP contribution in [0, 0.1) is 0 Å². The largest absolute Gasteiger partial charge is 0.389 e. The maximum atomic E-state index is 12.5. The summed E-state index contributed by atoms with van der Waals surface area (Å²) in [4.78, 5) is 14.0. The van der Waals surface area contributed by atoms with Crippen LogP contribution in [0.25, 0.3) is 0 Å². The van der Waals surface area contributed by atoms with E-state index < -0.39 is 6.10 Å². The van der Waals surface area contributed by atoms with Crippen LogP contribution < -0.4 is 0 Å². The molecule has 0 saturated heterocycles. The quantitative estimate of drug-likeness (QED) is 0.868. The van der Waals surface area contributed by atoms with Gasteiger partial charge in [-0.2, -0.15) is 5.10 Å². The highest BCUT2D eigenvalue weighted by atomic mass is 16.5. The van der Waals surface area contributed by atoms with E-state index in [0.29, 0.717) is 5.56 Å². The van der Waals surface area contributed by atoms with Crippen molar-refractivity contribution in [3.8, 4) is 0 Å². The summed E-state index contributed by atoms with van der Waals surface area (Å²) in [6.07, 6.45) is 1.03. The van der Waals surface area contributed by atoms with Gasteiger partial charge in [0.2, 0.25) is 0 Å². The summed E-state index contributed by atoms with van der Waals surface area (Å²) in [5.74, 6) is -0.141. The zero-order chi connectivity index (χ0) is 15.5. The van der Waals surface area contributed by atoms with E-state index >= 15 is 0 Å². The van der Waals surface area contributed by atoms with Crippen LogP contribution in [-0.4, -0.2) is 59.1 Å². The van der Waals surface area contributed by atoms with Gasteiger partial charge >= 0.3 is 0 Å². The lowest BCUT2D eigenvalue weighted by Crippen LogP contribution is -2.37. The van der Waals surface area contributed by atoms with Crippen molar-refractivity contribution < 1.29 is 14.6 Å². The summed E-state index contributed by atoms with van der Waals surface area (Å²) in [7, 11) is 4.98. The van der Waals surface area contributed by atoms with E-state index in [-0.39, 0.29) is 24.5 Å². The Balaban J connectivity index is 2.92. The van der Waals surface area contributed by atoms with Crippen LogP contribution in [0.5, 0.6) is 0 Å². The third-order valence-electron chi connectivity index (χ3n) is 2.96. The molecule has 1 aromatic heterocycles. The highest BCUT2D eigenvalue weighted by Crippen LogP contribution is 2.24. The number of carbonyl (C=O) groups is 1. The fraction of sp³-hybridized carbons (Fsp3) is 0.714. The van der Waals surface area contributed by atoms with Crippen molar-refractivity contribution in [2.24, 2.45) is 7.05 Å². The minimum absolute atomic E-state index is 0.141. The van der Waals surface area contributed by atoms with Crippen molar-refractivity contribution in [1.29, 1.82) is 0 Å². The average molecular weight is 283 g/mol. The molecule has 0 fully saturated rings. The number of hydrogen-bond acceptors (Lipinski definition) is 4. The van der Waals surface area contributed by atoms with Gasteiger partial charge in [-0.05, 0) is 0 Å². The van der Waals surface area contributed by atoms with Gasteiger partial charge in [-0.3, -0.25) is 9.48 Å². The van der Waals surface area contributed by atoms with Gasteiger partial charge in [-0.15, -0.1) is 0 Å². The zero-order valence-electron chi connectivity index (χ0n) is 13.2. The molecule has 114 valence electrons. The maximum Gasteiger partial charge on any atom is 0.257 e. The molecule has 0 bridgehead atoms. The van der Waals surface area contributed by atoms with E-state index in [4.69, 9.17) is 4.74 Å². The molecule has 1 unspecified atom stereocenters. The highest BCUT2D eigenvalue weighted by molar-refractivity contribution is 5.95. The highest BCUT2D eigenvalue weighted by Gasteiger charge is 2.27. The summed E-state index contributed by atoms with van der Waals surface area (Å²) in [6, 6.07) is 0. The topological polar surface area (TPSA) is 67.6 Å². The van der Waals surface area contributed by atoms with Crippen LogP contribution in [0.4, 0.5) is 0 Å². The predicted molar refractivity (Wildman–Crippen MR) is 76.8 cm³/mol. The zero-order valence-corrected chi connectivity index (χ0v) is 13.2. The lowest BCUT2D eigenvalue weighted by molar-refractivity contribution is 0.0379. The van der Waals surface area contributed by atoms with Gasteiger partial charge in [0, 0.05) is 39.4 Å². The molecule has 0 aliphatic rings. The maximum absolute atomic E-state index is 12.5. The molecule has 1 atom stereocenters. The molecule has 1 N–H and O–H groups in total. The van der Waals surface area contributed by atoms with Gasteiger partial charge in [0.25, 0.3) is 5.91 Å². The van der Waals surface area contributed by atoms with E-state index in [1.54, 1.807) is 25.0 Å². The summed E-state index contributed by atoms with van der Waals surface area (Å²) in [6.45, 7) is 6.49. The molecule has 0 saturated carbocycles. The molecule has 1 rings (SSSR count). The van der Waals surface area contributed by atoms with Crippen molar-refractivity contribution >= 4 is 5.91 Å². The number of likely N-dealkylation sites (N-methyl/N-ethyl adjacent to an activating group) is 1. The fourth-order valence-electron chi connectivity index (χ4n) is 2.05. The first-order valence-electron chi connectivity index (χ1n) is 6.63. The smallest absolute Gasteiger partial charge is 0.257 e. The van der Waals surface area contributed by atoms with Crippen molar-refractivity contribution in [1.82, 2.24) is 14.7 Å². The van der Waals surface area contributed by atoms with Gasteiger partial charge in [0.05, 0.1) is 24.0 Å². The molecule has 0 aliphatic carbocycles. The Morgan fingerprint density at radius 3 is 2.65 bits per heavy atom. The standard InChI is InChI=1S/C14H25N3O3/c1-14(2,3)12-11(8-17(5)15-12)13(19)16(4)7-10(18)9-20-6/h8,10,18H,7,9H2,1-6H3. The average Bonchev–Trinajstić information content (AvgIpc) is 2.70. The third-order valence-corrected chi connectivity index (χ3v) is 2.96. The van der Waals surface area contributed by atoms with Crippen LogP contribution >= 0.6 is 0 Å². The number of aliphatic hydroxyl groups excluding tert-OH is 1. The number of rotatable bonds is 5. The molecule has 0 spiro atoms. The normalized spacial score (nSPS) is 13.3. The van der Waals surface area contributed by atoms with Crippen molar-refractivity contribution in [3.63, 3.8) is 0 Å². The molecule has 0 aliphatic heterocycles. The minimum atomic E-state index is -0.691. The Morgan fingerprint density at radius 2 is 2.15 bits per heavy atom. The van der Waals surface area contributed by atoms with Crippen LogP contribution in [0.1, 0.15) is 36.8 Å². The number of aryl methyl sites for hydroxylation is 1. The SMILES string of the molecule is COCC(O)CN(C)C(=O)c1cn(C)nc1C(C)(C)C. The lowest BCUT2D eigenvalue weighted by Gasteiger charge is -2.22. The van der Waals surface area contributed by atoms with Crippen LogP contribution in [0.15, 0.2) is 6.20 Å². The number of ether oxygens (including phenoxy) is 1. The van der Waals surface area contributed by atoms with Crippen LogP contribution in [0.2, 0.25) is 0 Å². The molecule has 1 heterocycles. The molecule has 6 nitrogen and oxygen atoms in total. The van der Waals surface area contributed by atoms with E-state index in [1.165, 1.54) is 12.0 Å². The van der Waals surface area contributed by atoms with E-state index in [2.05, 4.69) is 5.10 Å². The number of hydrogen-bond donors (Lipinski definition) is 1. The Hall–Kier alpha value is -1.40. The Kier molecular flexibility index (Phi) is 5.30. The summed E-state index contributed by atoms with van der Waals surface area (Å²) < 4.78 is 6.51. The number of methoxy groups -OCH3 is 1. The molecule has 1 amide bonds. The molecular formula is C14H25N3O3.